The van der Waals surface area contributed by atoms with Gasteiger partial charge in [-0.2, -0.15) is 0 Å². The summed E-state index contributed by atoms with van der Waals surface area (Å²) in [5.74, 6) is 0.362. The summed E-state index contributed by atoms with van der Waals surface area (Å²) in [6, 6.07) is 6.35. The molecule has 0 amide bonds. The summed E-state index contributed by atoms with van der Waals surface area (Å²) in [5, 5.41) is 21.1. The van der Waals surface area contributed by atoms with Crippen molar-refractivity contribution in [2.45, 2.75) is 71.0 Å². The van der Waals surface area contributed by atoms with Crippen LogP contribution in [0.4, 0.5) is 0 Å². The molecule has 4 atom stereocenters. The van der Waals surface area contributed by atoms with E-state index in [4.69, 9.17) is 0 Å². The standard InChI is InChI=1S/C20H28O3/c1-11(2)12-6-7-14-13(8-12)15(21)9-17-19(3,4)18(23)16(22)10-20(14,17)5/h6-8,11,15-17,21-22H,9-10H2,1-5H3/t15-,16-,17+,20-/m0/s1. The van der Waals surface area contributed by atoms with Crippen molar-refractivity contribution >= 4 is 5.78 Å². The molecule has 1 fully saturated rings. The highest BCUT2D eigenvalue weighted by atomic mass is 16.3. The molecule has 0 saturated heterocycles. The topological polar surface area (TPSA) is 57.5 Å². The molecule has 0 heterocycles. The number of Topliss-reactive ketones (excluding diaryl/α,β-unsaturated/α-hetero) is 1. The third-order valence-electron chi connectivity index (χ3n) is 6.37. The van der Waals surface area contributed by atoms with E-state index in [1.165, 1.54) is 5.56 Å². The Morgan fingerprint density at radius 2 is 1.78 bits per heavy atom. The molecule has 0 spiro atoms. The van der Waals surface area contributed by atoms with Gasteiger partial charge in [0.15, 0.2) is 5.78 Å². The SMILES string of the molecule is CC(C)c1ccc2c(c1)[C@@H](O)C[C@@H]1C(C)(C)C(=O)[C@@H](O)C[C@@]21C. The van der Waals surface area contributed by atoms with Gasteiger partial charge in [-0.3, -0.25) is 4.79 Å². The number of hydrogen-bond acceptors (Lipinski definition) is 3. The minimum Gasteiger partial charge on any atom is -0.388 e. The first-order chi connectivity index (χ1) is 10.6. The maximum atomic E-state index is 12.5. The first-order valence-corrected chi connectivity index (χ1v) is 8.63. The van der Waals surface area contributed by atoms with E-state index in [0.717, 1.165) is 11.1 Å². The highest BCUT2D eigenvalue weighted by Gasteiger charge is 2.58. The lowest BCUT2D eigenvalue weighted by molar-refractivity contribution is -0.151. The predicted octanol–water partition coefficient (Wildman–Crippen LogP) is 3.48. The summed E-state index contributed by atoms with van der Waals surface area (Å²) < 4.78 is 0. The molecular formula is C20H28O3. The molecule has 2 aliphatic rings. The summed E-state index contributed by atoms with van der Waals surface area (Å²) in [6.45, 7) is 10.3. The molecule has 0 radical (unpaired) electrons. The van der Waals surface area contributed by atoms with Crippen molar-refractivity contribution in [1.82, 2.24) is 0 Å². The van der Waals surface area contributed by atoms with Gasteiger partial charge >= 0.3 is 0 Å². The van der Waals surface area contributed by atoms with Crippen LogP contribution in [0, 0.1) is 11.3 Å². The fraction of sp³-hybridized carbons (Fsp3) is 0.650. The summed E-state index contributed by atoms with van der Waals surface area (Å²) in [4.78, 5) is 12.5. The second kappa shape index (κ2) is 5.15. The molecule has 0 aliphatic heterocycles. The van der Waals surface area contributed by atoms with E-state index < -0.39 is 17.6 Å². The number of fused-ring (bicyclic) bond motifs is 3. The molecule has 0 bridgehead atoms. The molecule has 126 valence electrons. The Labute approximate surface area is 138 Å². The van der Waals surface area contributed by atoms with Crippen LogP contribution in [-0.2, 0) is 10.2 Å². The van der Waals surface area contributed by atoms with Crippen molar-refractivity contribution in [3.63, 3.8) is 0 Å². The highest BCUT2D eigenvalue weighted by molar-refractivity contribution is 5.90. The Morgan fingerprint density at radius 1 is 1.13 bits per heavy atom. The van der Waals surface area contributed by atoms with Gasteiger partial charge in [-0.25, -0.2) is 0 Å². The zero-order chi connectivity index (χ0) is 17.2. The largest absolute Gasteiger partial charge is 0.388 e. The van der Waals surface area contributed by atoms with Gasteiger partial charge < -0.3 is 10.2 Å². The van der Waals surface area contributed by atoms with Crippen molar-refractivity contribution in [3.05, 3.63) is 34.9 Å². The lowest BCUT2D eigenvalue weighted by atomic mass is 9.49. The zero-order valence-electron chi connectivity index (χ0n) is 14.8. The number of rotatable bonds is 1. The fourth-order valence-electron chi connectivity index (χ4n) is 4.97. The van der Waals surface area contributed by atoms with Gasteiger partial charge in [-0.05, 0) is 46.8 Å². The smallest absolute Gasteiger partial charge is 0.167 e. The van der Waals surface area contributed by atoms with Gasteiger partial charge in [0.1, 0.15) is 6.10 Å². The third kappa shape index (κ3) is 2.28. The van der Waals surface area contributed by atoms with Crippen LogP contribution in [0.3, 0.4) is 0 Å². The molecular weight excluding hydrogens is 288 g/mol. The molecule has 0 aromatic heterocycles. The van der Waals surface area contributed by atoms with Crippen LogP contribution in [0.1, 0.15) is 76.2 Å². The minimum absolute atomic E-state index is 0.0401. The summed E-state index contributed by atoms with van der Waals surface area (Å²) >= 11 is 0. The molecule has 2 N–H and O–H groups in total. The van der Waals surface area contributed by atoms with Gasteiger partial charge in [-0.1, -0.05) is 52.8 Å². The maximum absolute atomic E-state index is 12.5. The third-order valence-corrected chi connectivity index (χ3v) is 6.37. The number of carbonyl (C=O) groups excluding carboxylic acids is 1. The Morgan fingerprint density at radius 3 is 2.39 bits per heavy atom. The minimum atomic E-state index is -0.917. The lowest BCUT2D eigenvalue weighted by Crippen LogP contribution is -2.57. The monoisotopic (exact) mass is 316 g/mol. The van der Waals surface area contributed by atoms with Crippen molar-refractivity contribution < 1.29 is 15.0 Å². The van der Waals surface area contributed by atoms with E-state index >= 15 is 0 Å². The maximum Gasteiger partial charge on any atom is 0.167 e. The molecule has 1 aromatic rings. The normalized spacial score (nSPS) is 35.8. The average Bonchev–Trinajstić information content (AvgIpc) is 2.48. The molecule has 3 rings (SSSR count). The molecule has 23 heavy (non-hydrogen) atoms. The second-order valence-electron chi connectivity index (χ2n) is 8.53. The molecule has 3 nitrogen and oxygen atoms in total. The first-order valence-electron chi connectivity index (χ1n) is 8.63. The highest BCUT2D eigenvalue weighted by Crippen LogP contribution is 2.58. The van der Waals surface area contributed by atoms with E-state index in [1.807, 2.05) is 13.8 Å². The Balaban J connectivity index is 2.17. The van der Waals surface area contributed by atoms with E-state index in [-0.39, 0.29) is 17.1 Å². The molecule has 3 heteroatoms. The van der Waals surface area contributed by atoms with Gasteiger partial charge in [0.25, 0.3) is 0 Å². The molecule has 0 unspecified atom stereocenters. The number of carbonyl (C=O) groups is 1. The van der Waals surface area contributed by atoms with Crippen molar-refractivity contribution in [1.29, 1.82) is 0 Å². The van der Waals surface area contributed by atoms with E-state index in [9.17, 15) is 15.0 Å². The number of benzene rings is 1. The van der Waals surface area contributed by atoms with Gasteiger partial charge in [0, 0.05) is 5.41 Å². The Hall–Kier alpha value is -1.19. The summed E-state index contributed by atoms with van der Waals surface area (Å²) in [6.07, 6.45) is -0.430. The number of aliphatic hydroxyl groups excluding tert-OH is 2. The van der Waals surface area contributed by atoms with Gasteiger partial charge in [0.05, 0.1) is 6.10 Å². The molecule has 1 saturated carbocycles. The fourth-order valence-corrected chi connectivity index (χ4v) is 4.97. The van der Waals surface area contributed by atoms with Crippen LogP contribution in [0.5, 0.6) is 0 Å². The number of hydrogen-bond donors (Lipinski definition) is 2. The lowest BCUT2D eigenvalue weighted by Gasteiger charge is -2.55. The van der Waals surface area contributed by atoms with Gasteiger partial charge in [-0.15, -0.1) is 0 Å². The average molecular weight is 316 g/mol. The van der Waals surface area contributed by atoms with Crippen LogP contribution in [-0.4, -0.2) is 22.1 Å². The van der Waals surface area contributed by atoms with Crippen molar-refractivity contribution in [2.75, 3.05) is 0 Å². The number of ketones is 1. The van der Waals surface area contributed by atoms with E-state index in [0.29, 0.717) is 18.8 Å². The predicted molar refractivity (Wildman–Crippen MR) is 90.4 cm³/mol. The van der Waals surface area contributed by atoms with Crippen LogP contribution < -0.4 is 0 Å². The quantitative estimate of drug-likeness (QED) is 0.834. The Bertz CT molecular complexity index is 646. The van der Waals surface area contributed by atoms with Crippen LogP contribution in [0.15, 0.2) is 18.2 Å². The number of aliphatic hydroxyl groups is 2. The van der Waals surface area contributed by atoms with Crippen LogP contribution in [0.25, 0.3) is 0 Å². The van der Waals surface area contributed by atoms with Crippen LogP contribution in [0.2, 0.25) is 0 Å². The summed E-state index contributed by atoms with van der Waals surface area (Å²) in [7, 11) is 0. The second-order valence-corrected chi connectivity index (χ2v) is 8.53. The van der Waals surface area contributed by atoms with Crippen LogP contribution >= 0.6 is 0 Å². The molecule has 1 aromatic carbocycles. The van der Waals surface area contributed by atoms with Crippen molar-refractivity contribution in [2.24, 2.45) is 11.3 Å². The first kappa shape index (κ1) is 16.7. The van der Waals surface area contributed by atoms with E-state index in [2.05, 4.69) is 39.0 Å². The Kier molecular flexibility index (Phi) is 3.73. The molecule has 2 aliphatic carbocycles. The van der Waals surface area contributed by atoms with Gasteiger partial charge in [0.2, 0.25) is 0 Å². The zero-order valence-corrected chi connectivity index (χ0v) is 14.8. The van der Waals surface area contributed by atoms with E-state index in [1.54, 1.807) is 0 Å². The van der Waals surface area contributed by atoms with Crippen molar-refractivity contribution in [3.8, 4) is 0 Å². The summed E-state index contributed by atoms with van der Waals surface area (Å²) in [5.41, 5.74) is 2.40.